The Morgan fingerprint density at radius 1 is 0.971 bits per heavy atom. The highest BCUT2D eigenvalue weighted by atomic mass is 16.2. The lowest BCUT2D eigenvalue weighted by Gasteiger charge is -2.45. The molecule has 1 unspecified atom stereocenters. The molecule has 0 radical (unpaired) electrons. The number of carbonyl (C=O) groups excluding carboxylic acids is 3. The van der Waals surface area contributed by atoms with E-state index in [0.29, 0.717) is 43.7 Å². The van der Waals surface area contributed by atoms with E-state index in [0.717, 1.165) is 32.1 Å². The number of nitrogens with one attached hydrogen (secondary N) is 2. The lowest BCUT2D eigenvalue weighted by Crippen LogP contribution is -2.44. The van der Waals surface area contributed by atoms with Crippen LogP contribution in [-0.4, -0.2) is 41.4 Å². The van der Waals surface area contributed by atoms with Gasteiger partial charge in [0, 0.05) is 31.3 Å². The average Bonchev–Trinajstić information content (AvgIpc) is 3.43. The van der Waals surface area contributed by atoms with Gasteiger partial charge in [0.2, 0.25) is 5.91 Å². The largest absolute Gasteiger partial charge is 0.356 e. The second kappa shape index (κ2) is 8.26. The first kappa shape index (κ1) is 21.4. The summed E-state index contributed by atoms with van der Waals surface area (Å²) in [5.41, 5.74) is 4.99. The van der Waals surface area contributed by atoms with Crippen molar-refractivity contribution in [2.45, 2.75) is 62.3 Å². The highest BCUT2D eigenvalue weighted by molar-refractivity contribution is 6.07. The maximum absolute atomic E-state index is 12.8. The summed E-state index contributed by atoms with van der Waals surface area (Å²) in [6.45, 7) is 0.948. The third-order valence-corrected chi connectivity index (χ3v) is 8.47. The van der Waals surface area contributed by atoms with Crippen molar-refractivity contribution in [2.24, 2.45) is 5.92 Å². The molecule has 6 heteroatoms. The quantitative estimate of drug-likeness (QED) is 0.643. The monoisotopic (exact) mass is 457 g/mol. The first-order valence-electron chi connectivity index (χ1n) is 12.7. The second-order valence-electron chi connectivity index (χ2n) is 10.4. The highest BCUT2D eigenvalue weighted by Gasteiger charge is 2.52. The van der Waals surface area contributed by atoms with Crippen LogP contribution < -0.4 is 10.6 Å². The van der Waals surface area contributed by atoms with Crippen molar-refractivity contribution < 1.29 is 14.4 Å². The molecular formula is C28H31N3O3. The molecule has 1 heterocycles. The zero-order valence-electron chi connectivity index (χ0n) is 19.4. The second-order valence-corrected chi connectivity index (χ2v) is 10.4. The molecule has 0 aromatic heterocycles. The number of hydrogen-bond acceptors (Lipinski definition) is 3. The van der Waals surface area contributed by atoms with Crippen LogP contribution in [0.5, 0.6) is 0 Å². The molecule has 176 valence electrons. The van der Waals surface area contributed by atoms with Crippen LogP contribution >= 0.6 is 0 Å². The van der Waals surface area contributed by atoms with E-state index in [1.807, 2.05) is 0 Å². The summed E-state index contributed by atoms with van der Waals surface area (Å²) in [6, 6.07) is 17.2. The van der Waals surface area contributed by atoms with Crippen molar-refractivity contribution in [1.29, 1.82) is 0 Å². The van der Waals surface area contributed by atoms with Gasteiger partial charge in [-0.15, -0.1) is 0 Å². The molecule has 4 amide bonds. The number of nitrogens with zero attached hydrogens (tertiary/aromatic N) is 1. The number of urea groups is 1. The zero-order chi connectivity index (χ0) is 23.3. The van der Waals surface area contributed by atoms with E-state index >= 15 is 0 Å². The Morgan fingerprint density at radius 3 is 2.24 bits per heavy atom. The van der Waals surface area contributed by atoms with E-state index in [1.165, 1.54) is 27.2 Å². The van der Waals surface area contributed by atoms with Gasteiger partial charge in [-0.25, -0.2) is 4.79 Å². The summed E-state index contributed by atoms with van der Waals surface area (Å²) in [4.78, 5) is 39.1. The van der Waals surface area contributed by atoms with Crippen LogP contribution in [0.4, 0.5) is 4.79 Å². The third-order valence-electron chi connectivity index (χ3n) is 8.47. The predicted octanol–water partition coefficient (Wildman–Crippen LogP) is 4.04. The van der Waals surface area contributed by atoms with Crippen LogP contribution in [0.2, 0.25) is 0 Å². The first-order valence-corrected chi connectivity index (χ1v) is 12.7. The Kier molecular flexibility index (Phi) is 5.19. The first-order chi connectivity index (χ1) is 16.6. The van der Waals surface area contributed by atoms with Crippen LogP contribution in [-0.2, 0) is 9.59 Å². The minimum absolute atomic E-state index is 0.00866. The molecule has 1 aliphatic heterocycles. The van der Waals surface area contributed by atoms with Crippen molar-refractivity contribution in [3.8, 4) is 0 Å². The van der Waals surface area contributed by atoms with Crippen molar-refractivity contribution >= 4 is 17.8 Å². The highest BCUT2D eigenvalue weighted by Crippen LogP contribution is 2.55. The molecular weight excluding hydrogens is 426 g/mol. The number of hydrogen-bond donors (Lipinski definition) is 2. The Labute approximate surface area is 200 Å². The van der Waals surface area contributed by atoms with Crippen LogP contribution in [0.25, 0.3) is 0 Å². The van der Waals surface area contributed by atoms with Gasteiger partial charge in [0.15, 0.2) is 0 Å². The van der Waals surface area contributed by atoms with Crippen molar-refractivity contribution in [2.75, 3.05) is 13.1 Å². The van der Waals surface area contributed by atoms with Gasteiger partial charge in [-0.2, -0.15) is 0 Å². The number of rotatable bonds is 6. The number of benzene rings is 2. The molecule has 7 rings (SSSR count). The minimum Gasteiger partial charge on any atom is -0.356 e. The number of amides is 4. The summed E-state index contributed by atoms with van der Waals surface area (Å²) in [7, 11) is 0. The predicted molar refractivity (Wildman–Crippen MR) is 128 cm³/mol. The van der Waals surface area contributed by atoms with Crippen LogP contribution in [0.15, 0.2) is 48.5 Å². The normalized spacial score (nSPS) is 25.9. The van der Waals surface area contributed by atoms with Gasteiger partial charge in [-0.05, 0) is 53.9 Å². The standard InChI is InChI=1S/C28H31N3O3/c32-24(12-7-15-31-26(33)28(30-27(31)34)13-5-6-14-28)29-17-18-16-23-19-8-1-3-10-21(19)25(18)22-11-4-2-9-20(22)23/h1-4,8-11,18,23,25H,5-7,12-17H2,(H,29,32)(H,30,34). The maximum Gasteiger partial charge on any atom is 0.325 e. The van der Waals surface area contributed by atoms with Gasteiger partial charge in [0.25, 0.3) is 5.91 Å². The lowest BCUT2D eigenvalue weighted by atomic mass is 9.59. The topological polar surface area (TPSA) is 78.5 Å². The molecule has 2 N–H and O–H groups in total. The molecule has 1 atom stereocenters. The van der Waals surface area contributed by atoms with Crippen LogP contribution in [0.1, 0.15) is 79.0 Å². The molecule has 1 spiro atoms. The average molecular weight is 458 g/mol. The molecule has 2 aromatic carbocycles. The number of fused-ring (bicyclic) bond motifs is 1. The smallest absolute Gasteiger partial charge is 0.325 e. The van der Waals surface area contributed by atoms with Gasteiger partial charge in [0.05, 0.1) is 0 Å². The molecule has 5 aliphatic rings. The molecule has 2 fully saturated rings. The SMILES string of the molecule is O=C(CCCN1C(=O)NC2(CCCC2)C1=O)NCC1CC2c3ccccc3C1c1ccccc12. The van der Waals surface area contributed by atoms with E-state index in [9.17, 15) is 14.4 Å². The molecule has 1 saturated carbocycles. The van der Waals surface area contributed by atoms with E-state index in [1.54, 1.807) is 0 Å². The van der Waals surface area contributed by atoms with Crippen LogP contribution in [0, 0.1) is 5.92 Å². The third kappa shape index (κ3) is 3.34. The van der Waals surface area contributed by atoms with Crippen molar-refractivity contribution in [3.05, 3.63) is 70.8 Å². The Hall–Kier alpha value is -3.15. The molecule has 2 bridgehead atoms. The lowest BCUT2D eigenvalue weighted by molar-refractivity contribution is -0.131. The van der Waals surface area contributed by atoms with Gasteiger partial charge in [-0.3, -0.25) is 14.5 Å². The molecule has 2 aromatic rings. The Bertz CT molecular complexity index is 1110. The molecule has 4 aliphatic carbocycles. The number of imide groups is 1. The zero-order valence-corrected chi connectivity index (χ0v) is 19.4. The maximum atomic E-state index is 12.8. The van der Waals surface area contributed by atoms with Crippen molar-refractivity contribution in [3.63, 3.8) is 0 Å². The van der Waals surface area contributed by atoms with E-state index in [-0.39, 0.29) is 17.8 Å². The van der Waals surface area contributed by atoms with Gasteiger partial charge in [-0.1, -0.05) is 61.4 Å². The molecule has 6 nitrogen and oxygen atoms in total. The van der Waals surface area contributed by atoms with E-state index < -0.39 is 5.54 Å². The van der Waals surface area contributed by atoms with Crippen LogP contribution in [0.3, 0.4) is 0 Å². The summed E-state index contributed by atoms with van der Waals surface area (Å²) in [5, 5.41) is 6.06. The van der Waals surface area contributed by atoms with Crippen molar-refractivity contribution in [1.82, 2.24) is 15.5 Å². The Morgan fingerprint density at radius 2 is 1.59 bits per heavy atom. The summed E-state index contributed by atoms with van der Waals surface area (Å²) in [5.74, 6) is 0.955. The molecule has 34 heavy (non-hydrogen) atoms. The fraction of sp³-hybridized carbons (Fsp3) is 0.464. The number of carbonyl (C=O) groups is 3. The van der Waals surface area contributed by atoms with E-state index in [4.69, 9.17) is 0 Å². The molecule has 1 saturated heterocycles. The summed E-state index contributed by atoms with van der Waals surface area (Å²) < 4.78 is 0. The van der Waals surface area contributed by atoms with Gasteiger partial charge >= 0.3 is 6.03 Å². The van der Waals surface area contributed by atoms with Gasteiger partial charge in [0.1, 0.15) is 5.54 Å². The summed E-state index contributed by atoms with van der Waals surface area (Å²) in [6.07, 6.45) is 5.25. The minimum atomic E-state index is -0.674. The van der Waals surface area contributed by atoms with E-state index in [2.05, 4.69) is 59.2 Å². The Balaban J connectivity index is 1.06. The van der Waals surface area contributed by atoms with Gasteiger partial charge < -0.3 is 10.6 Å². The summed E-state index contributed by atoms with van der Waals surface area (Å²) >= 11 is 0. The fourth-order valence-corrected chi connectivity index (χ4v) is 6.89. The fourth-order valence-electron chi connectivity index (χ4n) is 6.89.